The summed E-state index contributed by atoms with van der Waals surface area (Å²) in [6.07, 6.45) is 0. The number of ketones is 2. The van der Waals surface area contributed by atoms with Crippen LogP contribution in [0.2, 0.25) is 0 Å². The Morgan fingerprint density at radius 2 is 1.09 bits per heavy atom. The molecule has 33 heavy (non-hydrogen) atoms. The highest BCUT2D eigenvalue weighted by atomic mass is 16.3. The van der Waals surface area contributed by atoms with Crippen LogP contribution in [0.1, 0.15) is 32.2 Å². The molecule has 5 heteroatoms. The van der Waals surface area contributed by atoms with Crippen molar-refractivity contribution < 1.29 is 19.8 Å². The van der Waals surface area contributed by atoms with Crippen LogP contribution in [-0.2, 0) is 0 Å². The summed E-state index contributed by atoms with van der Waals surface area (Å²) in [6, 6.07) is 27.5. The fraction of sp³-hybridized carbons (Fsp3) is 0.286. The van der Waals surface area contributed by atoms with Crippen molar-refractivity contribution in [2.24, 2.45) is 11.8 Å². The van der Waals surface area contributed by atoms with Crippen LogP contribution in [-0.4, -0.2) is 59.0 Å². The number of benzene rings is 3. The van der Waals surface area contributed by atoms with Gasteiger partial charge in [-0.05, 0) is 5.56 Å². The van der Waals surface area contributed by atoms with E-state index in [1.54, 1.807) is 24.3 Å². The Kier molecular flexibility index (Phi) is 7.45. The predicted molar refractivity (Wildman–Crippen MR) is 127 cm³/mol. The smallest absolute Gasteiger partial charge is 0.167 e. The van der Waals surface area contributed by atoms with Crippen molar-refractivity contribution in [2.75, 3.05) is 26.3 Å². The molecule has 0 saturated carbocycles. The van der Waals surface area contributed by atoms with Gasteiger partial charge < -0.3 is 10.2 Å². The molecule has 3 aromatic carbocycles. The molecular formula is C28H29NO4. The van der Waals surface area contributed by atoms with Crippen LogP contribution in [0.3, 0.4) is 0 Å². The van der Waals surface area contributed by atoms with Crippen molar-refractivity contribution in [3.63, 3.8) is 0 Å². The summed E-state index contributed by atoms with van der Waals surface area (Å²) in [5.74, 6) is -1.38. The third-order valence-corrected chi connectivity index (χ3v) is 6.64. The van der Waals surface area contributed by atoms with Gasteiger partial charge in [0.05, 0.1) is 19.3 Å². The average molecular weight is 444 g/mol. The molecule has 1 heterocycles. The third kappa shape index (κ3) is 4.96. The molecule has 1 saturated heterocycles. The number of Topliss-reactive ketones (excluding diaryl/α,β-unsaturated/α-hetero) is 2. The first kappa shape index (κ1) is 23.1. The monoisotopic (exact) mass is 443 g/mol. The Bertz CT molecular complexity index is 990. The fourth-order valence-corrected chi connectivity index (χ4v) is 4.94. The Hall–Kier alpha value is -3.12. The summed E-state index contributed by atoms with van der Waals surface area (Å²) in [5, 5.41) is 19.7. The SMILES string of the molecule is O=C(c1ccccc1)[C@H]1CN(C(CO)CO)C[C@@H](C(=O)c2ccccc2)[C@H]1c1ccccc1. The Labute approximate surface area is 194 Å². The number of carbonyl (C=O) groups is 2. The van der Waals surface area contributed by atoms with Gasteiger partial charge in [-0.1, -0.05) is 91.0 Å². The molecule has 1 fully saturated rings. The number of hydrogen-bond acceptors (Lipinski definition) is 5. The molecule has 0 spiro atoms. The van der Waals surface area contributed by atoms with Crippen molar-refractivity contribution in [3.05, 3.63) is 108 Å². The summed E-state index contributed by atoms with van der Waals surface area (Å²) >= 11 is 0. The second kappa shape index (κ2) is 10.7. The number of hydrogen-bond donors (Lipinski definition) is 2. The van der Waals surface area contributed by atoms with Crippen LogP contribution < -0.4 is 0 Å². The summed E-state index contributed by atoms with van der Waals surface area (Å²) < 4.78 is 0. The lowest BCUT2D eigenvalue weighted by Gasteiger charge is -2.45. The first-order chi connectivity index (χ1) is 16.1. The van der Waals surface area contributed by atoms with Gasteiger partial charge in [-0.15, -0.1) is 0 Å². The Morgan fingerprint density at radius 3 is 1.48 bits per heavy atom. The van der Waals surface area contributed by atoms with Gasteiger partial charge in [0.1, 0.15) is 0 Å². The fourth-order valence-electron chi connectivity index (χ4n) is 4.94. The van der Waals surface area contributed by atoms with Crippen molar-refractivity contribution in [2.45, 2.75) is 12.0 Å². The number of aliphatic hydroxyl groups excluding tert-OH is 2. The molecule has 1 aliphatic rings. The largest absolute Gasteiger partial charge is 0.395 e. The molecule has 0 bridgehead atoms. The molecule has 170 valence electrons. The Morgan fingerprint density at radius 1 is 0.697 bits per heavy atom. The van der Waals surface area contributed by atoms with Crippen LogP contribution in [0.25, 0.3) is 0 Å². The summed E-state index contributed by atoms with van der Waals surface area (Å²) in [5.41, 5.74) is 2.15. The second-order valence-electron chi connectivity index (χ2n) is 8.58. The van der Waals surface area contributed by atoms with Gasteiger partial charge >= 0.3 is 0 Å². The number of piperidine rings is 1. The predicted octanol–water partition coefficient (Wildman–Crippen LogP) is 3.44. The summed E-state index contributed by atoms with van der Waals surface area (Å²) in [4.78, 5) is 29.4. The van der Waals surface area contributed by atoms with Crippen LogP contribution in [0.15, 0.2) is 91.0 Å². The average Bonchev–Trinajstić information content (AvgIpc) is 2.89. The van der Waals surface area contributed by atoms with Crippen LogP contribution in [0, 0.1) is 11.8 Å². The van der Waals surface area contributed by atoms with E-state index in [1.165, 1.54) is 0 Å². The van der Waals surface area contributed by atoms with Gasteiger partial charge in [0.15, 0.2) is 11.6 Å². The lowest BCUT2D eigenvalue weighted by atomic mass is 9.68. The maximum Gasteiger partial charge on any atom is 0.167 e. The zero-order chi connectivity index (χ0) is 23.2. The molecule has 1 aliphatic heterocycles. The quantitative estimate of drug-likeness (QED) is 0.522. The molecule has 3 aromatic rings. The molecule has 0 aromatic heterocycles. The maximum atomic E-state index is 13.8. The lowest BCUT2D eigenvalue weighted by Crippen LogP contribution is -2.55. The molecule has 2 N–H and O–H groups in total. The van der Waals surface area contributed by atoms with E-state index in [4.69, 9.17) is 0 Å². The zero-order valence-electron chi connectivity index (χ0n) is 18.5. The van der Waals surface area contributed by atoms with Crippen molar-refractivity contribution >= 4 is 11.6 Å². The molecule has 0 aliphatic carbocycles. The van der Waals surface area contributed by atoms with Gasteiger partial charge in [-0.25, -0.2) is 0 Å². The topological polar surface area (TPSA) is 77.8 Å². The van der Waals surface area contributed by atoms with Crippen LogP contribution in [0.5, 0.6) is 0 Å². The van der Waals surface area contributed by atoms with Gasteiger partial charge in [0.25, 0.3) is 0 Å². The highest BCUT2D eigenvalue weighted by Crippen LogP contribution is 2.41. The van der Waals surface area contributed by atoms with Crippen molar-refractivity contribution in [1.82, 2.24) is 4.90 Å². The third-order valence-electron chi connectivity index (χ3n) is 6.64. The number of rotatable bonds is 8. The van der Waals surface area contributed by atoms with Crippen molar-refractivity contribution in [1.29, 1.82) is 0 Å². The van der Waals surface area contributed by atoms with Crippen molar-refractivity contribution in [3.8, 4) is 0 Å². The van der Waals surface area contributed by atoms with Crippen LogP contribution >= 0.6 is 0 Å². The molecular weight excluding hydrogens is 414 g/mol. The maximum absolute atomic E-state index is 13.8. The normalized spacial score (nSPS) is 21.1. The van der Waals surface area contributed by atoms with Gasteiger partial charge in [-0.3, -0.25) is 14.5 Å². The first-order valence-electron chi connectivity index (χ1n) is 11.3. The standard InChI is InChI=1S/C28H29NO4/c30-18-23(19-31)29-16-24(27(32)21-12-6-2-7-13-21)26(20-10-4-1-5-11-20)25(17-29)28(33)22-14-8-3-9-15-22/h1-15,23-26,30-31H,16-19H2/t24-,25+,26-. The number of carbonyl (C=O) groups excluding carboxylic acids is 2. The van der Waals surface area contributed by atoms with Crippen LogP contribution in [0.4, 0.5) is 0 Å². The lowest BCUT2D eigenvalue weighted by molar-refractivity contribution is 0.0155. The second-order valence-corrected chi connectivity index (χ2v) is 8.58. The molecule has 5 nitrogen and oxygen atoms in total. The molecule has 0 unspecified atom stereocenters. The van der Waals surface area contributed by atoms with E-state index in [9.17, 15) is 19.8 Å². The number of aliphatic hydroxyl groups is 2. The molecule has 0 amide bonds. The molecule has 4 rings (SSSR count). The van der Waals surface area contributed by atoms with E-state index in [1.807, 2.05) is 71.6 Å². The van der Waals surface area contributed by atoms with E-state index in [2.05, 4.69) is 0 Å². The van der Waals surface area contributed by atoms with E-state index < -0.39 is 17.9 Å². The minimum Gasteiger partial charge on any atom is -0.395 e. The highest BCUT2D eigenvalue weighted by Gasteiger charge is 2.45. The highest BCUT2D eigenvalue weighted by molar-refractivity contribution is 6.02. The minimum absolute atomic E-state index is 0.0327. The number of likely N-dealkylation sites (tertiary alicyclic amines) is 1. The van der Waals surface area contributed by atoms with E-state index in [-0.39, 0.29) is 30.7 Å². The van der Waals surface area contributed by atoms with Gasteiger partial charge in [-0.2, -0.15) is 0 Å². The van der Waals surface area contributed by atoms with Gasteiger partial charge in [0, 0.05) is 42.0 Å². The zero-order valence-corrected chi connectivity index (χ0v) is 18.5. The van der Waals surface area contributed by atoms with E-state index in [0.717, 1.165) is 5.56 Å². The Balaban J connectivity index is 1.81. The first-order valence-corrected chi connectivity index (χ1v) is 11.3. The minimum atomic E-state index is -0.529. The molecule has 0 radical (unpaired) electrons. The summed E-state index contributed by atoms with van der Waals surface area (Å²) in [7, 11) is 0. The summed E-state index contributed by atoms with van der Waals surface area (Å²) in [6.45, 7) is 0.227. The van der Waals surface area contributed by atoms with Gasteiger partial charge in [0.2, 0.25) is 0 Å². The van der Waals surface area contributed by atoms with E-state index >= 15 is 0 Å². The number of nitrogens with zero attached hydrogens (tertiary/aromatic N) is 1. The molecule has 3 atom stereocenters. The van der Waals surface area contributed by atoms with E-state index in [0.29, 0.717) is 24.2 Å².